The first-order chi connectivity index (χ1) is 7.06. The second kappa shape index (κ2) is 5.53. The molecule has 0 N–H and O–H groups in total. The third-order valence-corrected chi connectivity index (χ3v) is 3.18. The minimum atomic E-state index is 0.329. The maximum absolute atomic E-state index is 5.64. The van der Waals surface area contributed by atoms with E-state index in [4.69, 9.17) is 11.2 Å². The van der Waals surface area contributed by atoms with Crippen LogP contribution in [0.2, 0.25) is 0 Å². The maximum atomic E-state index is 5.64. The molecule has 1 rings (SSSR count). The van der Waals surface area contributed by atoms with Gasteiger partial charge in [-0.3, -0.25) is 4.90 Å². The summed E-state index contributed by atoms with van der Waals surface area (Å²) in [5, 5.41) is 0. The van der Waals surface area contributed by atoms with Crippen molar-refractivity contribution in [2.24, 2.45) is 5.92 Å². The van der Waals surface area contributed by atoms with Gasteiger partial charge in [0.1, 0.15) is 6.61 Å². The van der Waals surface area contributed by atoms with Crippen LogP contribution in [-0.2, 0) is 4.74 Å². The van der Waals surface area contributed by atoms with E-state index in [1.165, 1.54) is 0 Å². The van der Waals surface area contributed by atoms with Crippen LogP contribution in [0.1, 0.15) is 34.1 Å². The van der Waals surface area contributed by atoms with Crippen LogP contribution in [0.15, 0.2) is 0 Å². The van der Waals surface area contributed by atoms with E-state index in [1.54, 1.807) is 0 Å². The lowest BCUT2D eigenvalue weighted by atomic mass is 10.0. The predicted molar refractivity (Wildman–Crippen MR) is 63.7 cm³/mol. The summed E-state index contributed by atoms with van der Waals surface area (Å²) in [6, 6.07) is 1.24. The van der Waals surface area contributed by atoms with E-state index >= 15 is 0 Å². The average Bonchev–Trinajstić information content (AvgIpc) is 2.58. The molecule has 1 aliphatic rings. The summed E-state index contributed by atoms with van der Waals surface area (Å²) in [4.78, 5) is 2.53. The Hall–Kier alpha value is -0.520. The molecule has 2 heteroatoms. The Kier molecular flexibility index (Phi) is 4.63. The number of likely N-dealkylation sites (tertiary alicyclic amines) is 1. The van der Waals surface area contributed by atoms with Gasteiger partial charge in [-0.15, -0.1) is 6.42 Å². The van der Waals surface area contributed by atoms with Gasteiger partial charge in [-0.25, -0.2) is 0 Å². The predicted octanol–water partition coefficient (Wildman–Crippen LogP) is 2.14. The number of nitrogens with zero attached hydrogens (tertiary/aromatic N) is 1. The molecule has 2 nitrogen and oxygen atoms in total. The summed E-state index contributed by atoms with van der Waals surface area (Å²) >= 11 is 0. The Labute approximate surface area is 94.0 Å². The first kappa shape index (κ1) is 12.5. The lowest BCUT2D eigenvalue weighted by molar-refractivity contribution is 0.0801. The number of hydrogen-bond donors (Lipinski definition) is 0. The fraction of sp³-hybridized carbons (Fsp3) is 0.846. The number of ether oxygens (including phenoxy) is 1. The SMILES string of the molecule is C#CCOC1CC(C(C)C)N(C(C)C)C1. The fourth-order valence-electron chi connectivity index (χ4n) is 2.39. The van der Waals surface area contributed by atoms with E-state index in [2.05, 4.69) is 38.5 Å². The number of rotatable bonds is 4. The topological polar surface area (TPSA) is 12.5 Å². The van der Waals surface area contributed by atoms with E-state index in [-0.39, 0.29) is 0 Å². The number of terminal acetylenes is 1. The van der Waals surface area contributed by atoms with E-state index in [0.717, 1.165) is 13.0 Å². The molecular formula is C13H23NO. The van der Waals surface area contributed by atoms with E-state index in [0.29, 0.717) is 30.7 Å². The van der Waals surface area contributed by atoms with Gasteiger partial charge >= 0.3 is 0 Å². The highest BCUT2D eigenvalue weighted by atomic mass is 16.5. The molecule has 0 saturated carbocycles. The second-order valence-corrected chi connectivity index (χ2v) is 4.97. The smallest absolute Gasteiger partial charge is 0.107 e. The minimum Gasteiger partial charge on any atom is -0.364 e. The molecule has 2 unspecified atom stereocenters. The summed E-state index contributed by atoms with van der Waals surface area (Å²) in [6.07, 6.45) is 6.66. The van der Waals surface area contributed by atoms with E-state index in [9.17, 15) is 0 Å². The second-order valence-electron chi connectivity index (χ2n) is 4.97. The summed E-state index contributed by atoms with van der Waals surface area (Å²) in [6.45, 7) is 10.5. The Balaban J connectivity index is 2.54. The third-order valence-electron chi connectivity index (χ3n) is 3.18. The fourth-order valence-corrected chi connectivity index (χ4v) is 2.39. The highest BCUT2D eigenvalue weighted by Gasteiger charge is 2.35. The Morgan fingerprint density at radius 2 is 2.07 bits per heavy atom. The number of hydrogen-bond acceptors (Lipinski definition) is 2. The largest absolute Gasteiger partial charge is 0.364 e. The van der Waals surface area contributed by atoms with Gasteiger partial charge in [0.25, 0.3) is 0 Å². The lowest BCUT2D eigenvalue weighted by Gasteiger charge is -2.30. The Bertz CT molecular complexity index is 213. The highest BCUT2D eigenvalue weighted by molar-refractivity contribution is 4.91. The van der Waals surface area contributed by atoms with Gasteiger partial charge < -0.3 is 4.74 Å². The van der Waals surface area contributed by atoms with Crippen LogP contribution in [0.25, 0.3) is 0 Å². The Morgan fingerprint density at radius 3 is 2.47 bits per heavy atom. The van der Waals surface area contributed by atoms with Crippen LogP contribution in [-0.4, -0.2) is 36.2 Å². The summed E-state index contributed by atoms with van der Waals surface area (Å²) < 4.78 is 5.64. The van der Waals surface area contributed by atoms with Gasteiger partial charge in [0.05, 0.1) is 6.10 Å². The van der Waals surface area contributed by atoms with Gasteiger partial charge in [0.2, 0.25) is 0 Å². The highest BCUT2D eigenvalue weighted by Crippen LogP contribution is 2.27. The quantitative estimate of drug-likeness (QED) is 0.658. The van der Waals surface area contributed by atoms with Crippen LogP contribution >= 0.6 is 0 Å². The van der Waals surface area contributed by atoms with Gasteiger partial charge in [-0.1, -0.05) is 19.8 Å². The molecule has 0 bridgehead atoms. The van der Waals surface area contributed by atoms with Crippen molar-refractivity contribution in [1.29, 1.82) is 0 Å². The normalized spacial score (nSPS) is 27.5. The van der Waals surface area contributed by atoms with Crippen molar-refractivity contribution in [1.82, 2.24) is 4.90 Å². The zero-order chi connectivity index (χ0) is 11.4. The molecule has 2 atom stereocenters. The van der Waals surface area contributed by atoms with Crippen molar-refractivity contribution >= 4 is 0 Å². The molecule has 15 heavy (non-hydrogen) atoms. The van der Waals surface area contributed by atoms with Crippen LogP contribution in [0, 0.1) is 18.3 Å². The first-order valence-electron chi connectivity index (χ1n) is 5.87. The summed E-state index contributed by atoms with van der Waals surface area (Å²) in [7, 11) is 0. The van der Waals surface area contributed by atoms with E-state index < -0.39 is 0 Å². The zero-order valence-electron chi connectivity index (χ0n) is 10.4. The van der Waals surface area contributed by atoms with Crippen molar-refractivity contribution in [3.05, 3.63) is 0 Å². The zero-order valence-corrected chi connectivity index (χ0v) is 10.4. The molecule has 1 heterocycles. The van der Waals surface area contributed by atoms with Crippen molar-refractivity contribution in [3.8, 4) is 12.3 Å². The molecule has 0 spiro atoms. The van der Waals surface area contributed by atoms with Crippen LogP contribution < -0.4 is 0 Å². The van der Waals surface area contributed by atoms with Gasteiger partial charge in [-0.05, 0) is 26.2 Å². The minimum absolute atomic E-state index is 0.329. The molecule has 0 aliphatic carbocycles. The molecule has 0 radical (unpaired) electrons. The molecule has 0 amide bonds. The van der Waals surface area contributed by atoms with Gasteiger partial charge in [0.15, 0.2) is 0 Å². The maximum Gasteiger partial charge on any atom is 0.107 e. The average molecular weight is 209 g/mol. The molecular weight excluding hydrogens is 186 g/mol. The van der Waals surface area contributed by atoms with Gasteiger partial charge in [0, 0.05) is 18.6 Å². The molecule has 86 valence electrons. The Morgan fingerprint density at radius 1 is 1.40 bits per heavy atom. The first-order valence-corrected chi connectivity index (χ1v) is 5.87. The van der Waals surface area contributed by atoms with Crippen molar-refractivity contribution in [2.45, 2.75) is 52.3 Å². The standard InChI is InChI=1S/C13H23NO/c1-6-7-15-12-8-13(10(2)3)14(9-12)11(4)5/h1,10-13H,7-9H2,2-5H3. The van der Waals surface area contributed by atoms with Crippen LogP contribution in [0.3, 0.4) is 0 Å². The van der Waals surface area contributed by atoms with Crippen LogP contribution in [0.4, 0.5) is 0 Å². The summed E-state index contributed by atoms with van der Waals surface area (Å²) in [5.74, 6) is 3.23. The van der Waals surface area contributed by atoms with Gasteiger partial charge in [-0.2, -0.15) is 0 Å². The lowest BCUT2D eigenvalue weighted by Crippen LogP contribution is -2.38. The molecule has 0 aromatic rings. The monoisotopic (exact) mass is 209 g/mol. The molecule has 0 aromatic heterocycles. The molecule has 0 aromatic carbocycles. The summed E-state index contributed by atoms with van der Waals surface area (Å²) in [5.41, 5.74) is 0. The molecule has 1 saturated heterocycles. The third kappa shape index (κ3) is 3.22. The van der Waals surface area contributed by atoms with E-state index in [1.807, 2.05) is 0 Å². The van der Waals surface area contributed by atoms with Crippen molar-refractivity contribution < 1.29 is 4.74 Å². The molecule has 1 aliphatic heterocycles. The van der Waals surface area contributed by atoms with Crippen molar-refractivity contribution in [3.63, 3.8) is 0 Å². The molecule has 1 fully saturated rings. The van der Waals surface area contributed by atoms with Crippen LogP contribution in [0.5, 0.6) is 0 Å². The van der Waals surface area contributed by atoms with Crippen molar-refractivity contribution in [2.75, 3.05) is 13.2 Å².